The van der Waals surface area contributed by atoms with E-state index >= 15 is 0 Å². The van der Waals surface area contributed by atoms with Crippen LogP contribution >= 0.6 is 15.9 Å². The summed E-state index contributed by atoms with van der Waals surface area (Å²) in [4.78, 5) is 11.1. The number of nitrogens with one attached hydrogen (secondary N) is 1. The van der Waals surface area contributed by atoms with Crippen molar-refractivity contribution in [1.29, 1.82) is 0 Å². The van der Waals surface area contributed by atoms with Gasteiger partial charge in [0.05, 0.1) is 10.5 Å². The third-order valence-electron chi connectivity index (χ3n) is 2.47. The maximum Gasteiger partial charge on any atom is 0.270 e. The van der Waals surface area contributed by atoms with Crippen LogP contribution in [0.15, 0.2) is 4.47 Å². The number of anilines is 1. The zero-order chi connectivity index (χ0) is 11.0. The maximum atomic E-state index is 11.1. The molecule has 6 nitrogen and oxygen atoms in total. The second kappa shape index (κ2) is 3.82. The molecule has 1 aromatic heterocycles. The van der Waals surface area contributed by atoms with Crippen molar-refractivity contribution in [1.82, 2.24) is 9.78 Å². The van der Waals surface area contributed by atoms with Gasteiger partial charge < -0.3 is 16.8 Å². The number of fused-ring (bicyclic) bond motifs is 1. The van der Waals surface area contributed by atoms with E-state index in [1.165, 1.54) is 0 Å². The molecule has 15 heavy (non-hydrogen) atoms. The van der Waals surface area contributed by atoms with Gasteiger partial charge in [-0.1, -0.05) is 0 Å². The zero-order valence-electron chi connectivity index (χ0n) is 8.03. The number of carbonyl (C=O) groups is 1. The highest BCUT2D eigenvalue weighted by Gasteiger charge is 2.26. The monoisotopic (exact) mass is 273 g/mol. The van der Waals surface area contributed by atoms with E-state index in [4.69, 9.17) is 11.5 Å². The summed E-state index contributed by atoms with van der Waals surface area (Å²) in [5.41, 5.74) is 11.1. The summed E-state index contributed by atoms with van der Waals surface area (Å²) < 4.78 is 2.35. The fraction of sp³-hybridized carbons (Fsp3) is 0.500. The van der Waals surface area contributed by atoms with Gasteiger partial charge in [-0.3, -0.25) is 4.79 Å². The third-order valence-corrected chi connectivity index (χ3v) is 3.23. The van der Waals surface area contributed by atoms with Crippen LogP contribution in [-0.2, 0) is 0 Å². The maximum absolute atomic E-state index is 11.1. The first kappa shape index (κ1) is 10.4. The molecule has 1 amide bonds. The smallest absolute Gasteiger partial charge is 0.270 e. The summed E-state index contributed by atoms with van der Waals surface area (Å²) in [7, 11) is 0. The van der Waals surface area contributed by atoms with Crippen molar-refractivity contribution in [2.45, 2.75) is 12.5 Å². The highest BCUT2D eigenvalue weighted by atomic mass is 79.9. The highest BCUT2D eigenvalue weighted by molar-refractivity contribution is 9.10. The molecule has 0 aliphatic carbocycles. The number of hydrogen-bond donors (Lipinski definition) is 3. The molecule has 1 aromatic rings. The molecule has 0 bridgehead atoms. The quantitative estimate of drug-likeness (QED) is 0.710. The molecule has 2 rings (SSSR count). The van der Waals surface area contributed by atoms with E-state index in [-0.39, 0.29) is 11.7 Å². The van der Waals surface area contributed by atoms with Crippen LogP contribution in [0.5, 0.6) is 0 Å². The standard InChI is InChI=1S/C8H12BrN5O/c9-5-6(7(11)15)13-14-4(3-10)1-2-12-8(5)14/h4,12H,1-3,10H2,(H2,11,15). The van der Waals surface area contributed by atoms with Gasteiger partial charge in [0.1, 0.15) is 5.82 Å². The average Bonchev–Trinajstić information content (AvgIpc) is 2.56. The molecule has 1 aliphatic rings. The van der Waals surface area contributed by atoms with Gasteiger partial charge in [-0.2, -0.15) is 5.10 Å². The second-order valence-corrected chi connectivity index (χ2v) is 4.22. The molecule has 0 saturated heterocycles. The van der Waals surface area contributed by atoms with Gasteiger partial charge in [-0.05, 0) is 22.4 Å². The number of nitrogens with zero attached hydrogens (tertiary/aromatic N) is 2. The summed E-state index contributed by atoms with van der Waals surface area (Å²) in [5.74, 6) is 0.242. The van der Waals surface area contributed by atoms with Gasteiger partial charge >= 0.3 is 0 Å². The highest BCUT2D eigenvalue weighted by Crippen LogP contribution is 2.32. The van der Waals surface area contributed by atoms with Gasteiger partial charge in [-0.15, -0.1) is 0 Å². The molecule has 5 N–H and O–H groups in total. The molecular formula is C8H12BrN5O. The molecule has 0 saturated carbocycles. The number of halogens is 1. The Hall–Kier alpha value is -1.08. The van der Waals surface area contributed by atoms with E-state index in [0.717, 1.165) is 18.8 Å². The number of aromatic nitrogens is 2. The van der Waals surface area contributed by atoms with Gasteiger partial charge in [-0.25, -0.2) is 4.68 Å². The zero-order valence-corrected chi connectivity index (χ0v) is 9.62. The van der Waals surface area contributed by atoms with Crippen LogP contribution in [-0.4, -0.2) is 28.8 Å². The molecule has 1 aliphatic heterocycles. The van der Waals surface area contributed by atoms with Crippen molar-refractivity contribution < 1.29 is 4.79 Å². The van der Waals surface area contributed by atoms with Crippen molar-refractivity contribution in [2.24, 2.45) is 11.5 Å². The Morgan fingerprint density at radius 3 is 3.07 bits per heavy atom. The van der Waals surface area contributed by atoms with Crippen molar-refractivity contribution in [3.63, 3.8) is 0 Å². The average molecular weight is 274 g/mol. The van der Waals surface area contributed by atoms with Gasteiger partial charge in [0.25, 0.3) is 5.91 Å². The molecule has 0 fully saturated rings. The molecule has 1 atom stereocenters. The van der Waals surface area contributed by atoms with E-state index < -0.39 is 5.91 Å². The predicted octanol–water partition coefficient (Wildman–Crippen LogP) is 0.0599. The van der Waals surface area contributed by atoms with Gasteiger partial charge in [0, 0.05) is 13.1 Å². The van der Waals surface area contributed by atoms with Crippen LogP contribution in [0.25, 0.3) is 0 Å². The van der Waals surface area contributed by atoms with Crippen molar-refractivity contribution >= 4 is 27.7 Å². The Bertz CT molecular complexity index is 402. The minimum absolute atomic E-state index is 0.130. The van der Waals surface area contributed by atoms with Crippen LogP contribution in [0.4, 0.5) is 5.82 Å². The first-order valence-corrected chi connectivity index (χ1v) is 5.46. The third kappa shape index (κ3) is 1.61. The van der Waals surface area contributed by atoms with Crippen LogP contribution < -0.4 is 16.8 Å². The lowest BCUT2D eigenvalue weighted by molar-refractivity contribution is 0.0993. The predicted molar refractivity (Wildman–Crippen MR) is 59.6 cm³/mol. The minimum Gasteiger partial charge on any atom is -0.369 e. The fourth-order valence-electron chi connectivity index (χ4n) is 1.69. The topological polar surface area (TPSA) is 99.0 Å². The first-order chi connectivity index (χ1) is 7.15. The number of carbonyl (C=O) groups excluding carboxylic acids is 1. The molecule has 2 heterocycles. The molecule has 0 aromatic carbocycles. The molecule has 0 spiro atoms. The lowest BCUT2D eigenvalue weighted by Gasteiger charge is -2.24. The summed E-state index contributed by atoms with van der Waals surface area (Å²) in [6, 6.07) is 0.130. The number of rotatable bonds is 2. The Morgan fingerprint density at radius 2 is 2.47 bits per heavy atom. The van der Waals surface area contributed by atoms with Crippen molar-refractivity contribution in [3.05, 3.63) is 10.2 Å². The molecule has 82 valence electrons. The minimum atomic E-state index is -0.540. The van der Waals surface area contributed by atoms with Crippen molar-refractivity contribution in [2.75, 3.05) is 18.4 Å². The number of primary amides is 1. The van der Waals surface area contributed by atoms with E-state index in [1.54, 1.807) is 4.68 Å². The number of hydrogen-bond acceptors (Lipinski definition) is 4. The Balaban J connectivity index is 2.50. The van der Waals surface area contributed by atoms with Crippen LogP contribution in [0.3, 0.4) is 0 Å². The fourth-order valence-corrected chi connectivity index (χ4v) is 2.29. The van der Waals surface area contributed by atoms with E-state index in [0.29, 0.717) is 11.0 Å². The van der Waals surface area contributed by atoms with E-state index in [9.17, 15) is 4.79 Å². The summed E-state index contributed by atoms with van der Waals surface area (Å²) in [5, 5.41) is 7.32. The van der Waals surface area contributed by atoms with E-state index in [2.05, 4.69) is 26.3 Å². The number of nitrogens with two attached hydrogens (primary N) is 2. The van der Waals surface area contributed by atoms with Gasteiger partial charge in [0.15, 0.2) is 5.69 Å². The lowest BCUT2D eigenvalue weighted by Crippen LogP contribution is -2.29. The molecule has 1 unspecified atom stereocenters. The van der Waals surface area contributed by atoms with Crippen LogP contribution in [0.2, 0.25) is 0 Å². The largest absolute Gasteiger partial charge is 0.369 e. The Labute approximate surface area is 95.1 Å². The van der Waals surface area contributed by atoms with Crippen molar-refractivity contribution in [3.8, 4) is 0 Å². The normalized spacial score (nSPS) is 19.5. The van der Waals surface area contributed by atoms with Crippen LogP contribution in [0, 0.1) is 0 Å². The van der Waals surface area contributed by atoms with Crippen LogP contribution in [0.1, 0.15) is 23.0 Å². The van der Waals surface area contributed by atoms with E-state index in [1.807, 2.05) is 0 Å². The summed E-state index contributed by atoms with van der Waals surface area (Å²) >= 11 is 3.31. The van der Waals surface area contributed by atoms with Gasteiger partial charge in [0.2, 0.25) is 0 Å². The molecule has 7 heteroatoms. The Morgan fingerprint density at radius 1 is 1.73 bits per heavy atom. The molecular weight excluding hydrogens is 262 g/mol. The lowest BCUT2D eigenvalue weighted by atomic mass is 10.2. The Kier molecular flexibility index (Phi) is 2.66. The first-order valence-electron chi connectivity index (χ1n) is 4.67. The summed E-state index contributed by atoms with van der Waals surface area (Å²) in [6.07, 6.45) is 0.899. The number of amides is 1. The summed E-state index contributed by atoms with van der Waals surface area (Å²) in [6.45, 7) is 1.32. The SMILES string of the molecule is NCC1CCNc2c(Br)c(C(N)=O)nn21. The molecule has 0 radical (unpaired) electrons. The second-order valence-electron chi connectivity index (χ2n) is 3.42.